The first-order chi connectivity index (χ1) is 15.8. The molecule has 3 unspecified atom stereocenters. The molecule has 1 saturated heterocycles. The SMILES string of the molecule is C1=CC2C(c3cccs3)OP(c3ccccc3)(c3ccccc3)(c3ccccc3)C2C=C1. The number of fused-ring (bicyclic) bond motifs is 1. The van der Waals surface area contributed by atoms with E-state index in [2.05, 4.69) is 133 Å². The van der Waals surface area contributed by atoms with Crippen LogP contribution in [0.5, 0.6) is 0 Å². The van der Waals surface area contributed by atoms with Gasteiger partial charge in [-0.05, 0) is 0 Å². The normalized spacial score (nSPS) is 26.1. The number of hydrogen-bond donors (Lipinski definition) is 0. The van der Waals surface area contributed by atoms with Crippen molar-refractivity contribution >= 4 is 34.1 Å². The fourth-order valence-corrected chi connectivity index (χ4v) is 13.4. The zero-order chi connectivity index (χ0) is 21.5. The summed E-state index contributed by atoms with van der Waals surface area (Å²) < 4.78 is 7.72. The molecule has 1 aliphatic carbocycles. The summed E-state index contributed by atoms with van der Waals surface area (Å²) in [5.74, 6) is 0.275. The molecular formula is C29H25OPS. The van der Waals surface area contributed by atoms with Crippen molar-refractivity contribution in [3.8, 4) is 0 Å². The third-order valence-corrected chi connectivity index (χ3v) is 14.3. The molecule has 4 aromatic rings. The van der Waals surface area contributed by atoms with E-state index >= 15 is 0 Å². The Labute approximate surface area is 193 Å². The zero-order valence-electron chi connectivity index (χ0n) is 17.7. The maximum absolute atomic E-state index is 7.72. The second-order valence-electron chi connectivity index (χ2n) is 8.49. The van der Waals surface area contributed by atoms with Gasteiger partial charge in [-0.25, -0.2) is 0 Å². The summed E-state index contributed by atoms with van der Waals surface area (Å²) in [5.41, 5.74) is 0.227. The van der Waals surface area contributed by atoms with Crippen LogP contribution in [0.25, 0.3) is 0 Å². The Morgan fingerprint density at radius 3 is 1.62 bits per heavy atom. The van der Waals surface area contributed by atoms with Crippen LogP contribution < -0.4 is 15.9 Å². The number of hydrogen-bond acceptors (Lipinski definition) is 2. The van der Waals surface area contributed by atoms with Crippen LogP contribution in [0, 0.1) is 5.92 Å². The Bertz CT molecular complexity index is 1160. The van der Waals surface area contributed by atoms with Gasteiger partial charge < -0.3 is 0 Å². The molecule has 1 nitrogen and oxygen atoms in total. The molecule has 1 fully saturated rings. The molecule has 2 aliphatic rings. The van der Waals surface area contributed by atoms with Crippen molar-refractivity contribution in [3.05, 3.63) is 138 Å². The fraction of sp³-hybridized carbons (Fsp3) is 0.103. The number of rotatable bonds is 4. The second-order valence-corrected chi connectivity index (χ2v) is 14.0. The molecule has 0 spiro atoms. The monoisotopic (exact) mass is 452 g/mol. The molecule has 6 rings (SSSR count). The van der Waals surface area contributed by atoms with E-state index in [9.17, 15) is 0 Å². The summed E-state index contributed by atoms with van der Waals surface area (Å²) in [5, 5.41) is 6.05. The number of benzene rings is 3. The average Bonchev–Trinajstić information content (AvgIpc) is 3.52. The van der Waals surface area contributed by atoms with E-state index in [1.165, 1.54) is 20.8 Å². The summed E-state index contributed by atoms with van der Waals surface area (Å²) >= 11 is 1.80. The van der Waals surface area contributed by atoms with Gasteiger partial charge in [0.1, 0.15) is 0 Å². The second kappa shape index (κ2) is 7.67. The summed E-state index contributed by atoms with van der Waals surface area (Å²) in [6, 6.07) is 37.4. The van der Waals surface area contributed by atoms with Crippen molar-refractivity contribution in [2.75, 3.05) is 0 Å². The third-order valence-electron chi connectivity index (χ3n) is 7.03. The van der Waals surface area contributed by atoms with Crippen LogP contribution >= 0.6 is 18.2 Å². The molecule has 3 atom stereocenters. The quantitative estimate of drug-likeness (QED) is 0.327. The van der Waals surface area contributed by atoms with Gasteiger partial charge in [-0.1, -0.05) is 0 Å². The summed E-state index contributed by atoms with van der Waals surface area (Å²) in [4.78, 5) is 1.30. The molecule has 0 amide bonds. The topological polar surface area (TPSA) is 9.23 Å². The van der Waals surface area contributed by atoms with E-state index in [-0.39, 0.29) is 17.7 Å². The van der Waals surface area contributed by atoms with Crippen LogP contribution in [0.4, 0.5) is 0 Å². The molecule has 0 saturated carbocycles. The molecule has 158 valence electrons. The number of thiophene rings is 1. The van der Waals surface area contributed by atoms with Crippen LogP contribution in [0.2, 0.25) is 0 Å². The van der Waals surface area contributed by atoms with Crippen molar-refractivity contribution in [1.82, 2.24) is 0 Å². The van der Waals surface area contributed by atoms with E-state index in [4.69, 9.17) is 4.52 Å². The van der Waals surface area contributed by atoms with E-state index in [0.29, 0.717) is 0 Å². The predicted octanol–water partition coefficient (Wildman–Crippen LogP) is 6.38. The standard InChI is InChI=1S/C29H25OPS/c1-4-13-23(14-5-1)31(24-15-6-2-7-16-24,25-17-8-3-9-18-25)27-20-11-10-19-26(27)29(30-31)28-21-12-22-32-28/h1-22,26-27,29H. The molecular weight excluding hydrogens is 427 g/mol. The zero-order valence-corrected chi connectivity index (χ0v) is 19.4. The minimum atomic E-state index is -3.35. The first kappa shape index (κ1) is 19.9. The first-order valence-electron chi connectivity index (χ1n) is 11.1. The predicted molar refractivity (Wildman–Crippen MR) is 139 cm³/mol. The Morgan fingerprint density at radius 2 is 1.12 bits per heavy atom. The van der Waals surface area contributed by atoms with Crippen molar-refractivity contribution in [2.45, 2.75) is 11.8 Å². The summed E-state index contributed by atoms with van der Waals surface area (Å²) in [6.07, 6.45) is 9.22. The Hall–Kier alpha value is -2.77. The van der Waals surface area contributed by atoms with Gasteiger partial charge in [0.15, 0.2) is 0 Å². The summed E-state index contributed by atoms with van der Waals surface area (Å²) in [6.45, 7) is -3.35. The van der Waals surface area contributed by atoms with Gasteiger partial charge >= 0.3 is 194 Å². The maximum atomic E-state index is 7.72. The first-order valence-corrected chi connectivity index (χ1v) is 14.2. The van der Waals surface area contributed by atoms with E-state index < -0.39 is 6.83 Å². The van der Waals surface area contributed by atoms with Crippen LogP contribution in [-0.2, 0) is 4.52 Å². The van der Waals surface area contributed by atoms with Crippen LogP contribution in [0.1, 0.15) is 11.0 Å². The molecule has 3 aromatic carbocycles. The van der Waals surface area contributed by atoms with E-state index in [0.717, 1.165) is 0 Å². The van der Waals surface area contributed by atoms with Gasteiger partial charge in [0.2, 0.25) is 0 Å². The van der Waals surface area contributed by atoms with Gasteiger partial charge in [0, 0.05) is 0 Å². The van der Waals surface area contributed by atoms with Crippen molar-refractivity contribution in [1.29, 1.82) is 0 Å². The van der Waals surface area contributed by atoms with Crippen molar-refractivity contribution in [2.24, 2.45) is 5.92 Å². The number of allylic oxidation sites excluding steroid dienone is 3. The minimum absolute atomic E-state index is 0.0134. The average molecular weight is 453 g/mol. The molecule has 0 N–H and O–H groups in total. The van der Waals surface area contributed by atoms with Crippen molar-refractivity contribution < 1.29 is 4.52 Å². The van der Waals surface area contributed by atoms with Gasteiger partial charge in [0.05, 0.1) is 0 Å². The van der Waals surface area contributed by atoms with Gasteiger partial charge in [0.25, 0.3) is 0 Å². The van der Waals surface area contributed by atoms with E-state index in [1.54, 1.807) is 11.3 Å². The van der Waals surface area contributed by atoms with E-state index in [1.807, 2.05) is 0 Å². The van der Waals surface area contributed by atoms with Crippen molar-refractivity contribution in [3.63, 3.8) is 0 Å². The molecule has 3 heteroatoms. The fourth-order valence-electron chi connectivity index (χ4n) is 5.77. The van der Waals surface area contributed by atoms with Crippen LogP contribution in [0.15, 0.2) is 133 Å². The molecule has 32 heavy (non-hydrogen) atoms. The summed E-state index contributed by atoms with van der Waals surface area (Å²) in [7, 11) is 0. The molecule has 1 aliphatic heterocycles. The van der Waals surface area contributed by atoms with Crippen LogP contribution in [-0.4, -0.2) is 5.66 Å². The van der Waals surface area contributed by atoms with Gasteiger partial charge in [-0.2, -0.15) is 0 Å². The Morgan fingerprint density at radius 1 is 0.594 bits per heavy atom. The Kier molecular flexibility index (Phi) is 4.77. The molecule has 1 aromatic heterocycles. The van der Waals surface area contributed by atoms with Crippen LogP contribution in [0.3, 0.4) is 0 Å². The van der Waals surface area contributed by atoms with Gasteiger partial charge in [-0.3, -0.25) is 0 Å². The molecule has 0 radical (unpaired) electrons. The van der Waals surface area contributed by atoms with Gasteiger partial charge in [-0.15, -0.1) is 0 Å². The Balaban J connectivity index is 1.78. The molecule has 0 bridgehead atoms. The molecule has 2 heterocycles. The third kappa shape index (κ3) is 2.58.